The smallest absolute Gasteiger partial charge is 0.169 e. The van der Waals surface area contributed by atoms with Gasteiger partial charge in [0.1, 0.15) is 89.0 Å². The van der Waals surface area contributed by atoms with Gasteiger partial charge in [-0.05, 0) is 180 Å². The Hall–Kier alpha value is -14.6. The molecule has 0 fully saturated rings. The first-order chi connectivity index (χ1) is 59.2. The summed E-state index contributed by atoms with van der Waals surface area (Å²) in [6, 6.07) is 35.5. The normalized spacial score (nSPS) is 10.8. The number of Topliss-reactive ketones (excluding diaryl/α,β-unsaturated/α-hetero) is 5. The van der Waals surface area contributed by atoms with Gasteiger partial charge in [0, 0.05) is 108 Å². The van der Waals surface area contributed by atoms with Gasteiger partial charge in [0.2, 0.25) is 0 Å². The molecule has 620 valence electrons. The van der Waals surface area contributed by atoms with Crippen LogP contribution in [0, 0.1) is 59.0 Å². The monoisotopic (exact) mass is 1710 g/mol. The lowest BCUT2D eigenvalue weighted by Crippen LogP contribution is -2.07. The van der Waals surface area contributed by atoms with E-state index in [-0.39, 0.29) is 101 Å². The minimum atomic E-state index is -1.23. The van der Waals surface area contributed by atoms with E-state index in [2.05, 4.69) is 74.8 Å². The Bertz CT molecular complexity index is 6040. The number of pyridine rings is 4. The molecule has 15 rings (SSSR count). The van der Waals surface area contributed by atoms with Gasteiger partial charge >= 0.3 is 0 Å². The van der Waals surface area contributed by atoms with Gasteiger partial charge in [-0.3, -0.25) is 43.9 Å². The summed E-state index contributed by atoms with van der Waals surface area (Å²) >= 11 is 13.7. The summed E-state index contributed by atoms with van der Waals surface area (Å²) in [5.74, 6) is 0.833. The molecule has 32 heteroatoms. The number of carbonyl (C=O) groups is 5. The van der Waals surface area contributed by atoms with Crippen LogP contribution in [0.15, 0.2) is 251 Å². The second-order valence-electron chi connectivity index (χ2n) is 27.1. The third-order valence-corrected chi connectivity index (χ3v) is 18.6. The lowest BCUT2D eigenvalue weighted by Gasteiger charge is -2.08. The molecule has 0 aliphatic carbocycles. The molecule has 25 nitrogen and oxygen atoms in total. The first kappa shape index (κ1) is 89.2. The average Bonchev–Trinajstić information content (AvgIpc) is 1.19. The summed E-state index contributed by atoms with van der Waals surface area (Å²) in [5, 5.41) is 3.56. The summed E-state index contributed by atoms with van der Waals surface area (Å²) < 4.78 is 82.7. The van der Waals surface area contributed by atoms with Crippen LogP contribution in [-0.2, 0) is 32.1 Å². The van der Waals surface area contributed by atoms with Crippen molar-refractivity contribution in [3.8, 4) is 57.5 Å². The minimum absolute atomic E-state index is 0.0592. The van der Waals surface area contributed by atoms with Gasteiger partial charge in [0.15, 0.2) is 57.7 Å². The molecule has 0 radical (unpaired) electrons. The third kappa shape index (κ3) is 28.5. The van der Waals surface area contributed by atoms with Gasteiger partial charge in [-0.1, -0.05) is 35.3 Å². The van der Waals surface area contributed by atoms with Gasteiger partial charge in [-0.2, -0.15) is 0 Å². The number of aryl methyl sites for hydroxylation is 6. The van der Waals surface area contributed by atoms with Crippen LogP contribution < -0.4 is 23.7 Å². The molecule has 1 atom stereocenters. The fraction of sp³-hybridized carbons (Fsp3) is 0.143. The number of ether oxygens (including phenoxy) is 5. The largest absolute Gasteiger partial charge is 0.454 e. The number of hydrogen-bond acceptors (Lipinski definition) is 26. The first-order valence-electron chi connectivity index (χ1n) is 37.3. The molecule has 10 heterocycles. The number of benzene rings is 5. The predicted molar refractivity (Wildman–Crippen MR) is 450 cm³/mol. The van der Waals surface area contributed by atoms with Crippen LogP contribution in [0.2, 0.25) is 10.0 Å². The van der Waals surface area contributed by atoms with Crippen molar-refractivity contribution in [1.82, 2.24) is 74.8 Å². The Morgan fingerprint density at radius 1 is 0.358 bits per heavy atom. The number of alkyl halides is 1. The molecule has 1 unspecified atom stereocenters. The second-order valence-corrected chi connectivity index (χ2v) is 28.9. The van der Waals surface area contributed by atoms with Crippen molar-refractivity contribution in [1.29, 1.82) is 0 Å². The highest BCUT2D eigenvalue weighted by molar-refractivity contribution is 7.09. The minimum Gasteiger partial charge on any atom is -0.454 e. The zero-order valence-electron chi connectivity index (χ0n) is 66.8. The maximum absolute atomic E-state index is 13.9. The van der Waals surface area contributed by atoms with E-state index in [9.17, 15) is 41.5 Å². The molecule has 0 aliphatic heterocycles. The molecule has 0 bridgehead atoms. The van der Waals surface area contributed by atoms with E-state index in [0.717, 1.165) is 56.5 Å². The Morgan fingerprint density at radius 2 is 0.724 bits per heavy atom. The summed E-state index contributed by atoms with van der Waals surface area (Å²) in [6.45, 7) is 13.0. The van der Waals surface area contributed by atoms with Crippen LogP contribution in [0.5, 0.6) is 57.5 Å². The maximum atomic E-state index is 13.9. The zero-order valence-corrected chi connectivity index (χ0v) is 69.1. The molecule has 0 saturated carbocycles. The third-order valence-electron chi connectivity index (χ3n) is 17.2. The predicted octanol–water partition coefficient (Wildman–Crippen LogP) is 20.1. The van der Waals surface area contributed by atoms with Crippen LogP contribution in [0.1, 0.15) is 132 Å². The van der Waals surface area contributed by atoms with E-state index < -0.39 is 23.6 Å². The molecule has 0 saturated heterocycles. The fourth-order valence-electron chi connectivity index (χ4n) is 11.1. The van der Waals surface area contributed by atoms with Gasteiger partial charge < -0.3 is 23.7 Å². The number of nitrogens with zero attached hydrogens (tertiary/aromatic N) is 15. The highest BCUT2D eigenvalue weighted by Crippen LogP contribution is 2.32. The highest BCUT2D eigenvalue weighted by Gasteiger charge is 2.20. The molecular formula is C91H73Cl2F4N15O10S. The first-order valence-corrected chi connectivity index (χ1v) is 39.0. The van der Waals surface area contributed by atoms with Crippen molar-refractivity contribution in [2.24, 2.45) is 0 Å². The topological polar surface area (TPSA) is 325 Å². The van der Waals surface area contributed by atoms with Gasteiger partial charge in [0.25, 0.3) is 0 Å². The molecule has 0 N–H and O–H groups in total. The van der Waals surface area contributed by atoms with E-state index in [1.807, 2.05) is 71.2 Å². The summed E-state index contributed by atoms with van der Waals surface area (Å²) in [4.78, 5) is 122. The second kappa shape index (κ2) is 43.9. The van der Waals surface area contributed by atoms with Crippen LogP contribution in [0.25, 0.3) is 0 Å². The van der Waals surface area contributed by atoms with E-state index in [1.165, 1.54) is 154 Å². The number of rotatable bonds is 26. The standard InChI is InChI=1S/C19H16ClN3O2.C19H15F2N3O2.C19H16FN3O2.C18H14FN3O2.C16H12ClN3O2S/c1-12-3-16(23-8-13(12)2)7-19(24)14-4-15(20)6-17(5-14)25-18-9-21-11-22-10-18;1-12(20)18-4-2-3-15(24-18)8-19(25)13-5-14(21)7-16(6-13)26-17-9-22-11-23-10-17;1-12-3-4-16(23-13(12)2)8-19(24)14-5-15(20)7-17(6-14)25-18-9-21-11-22-10-18;1-12-2-3-22-15(4-12)8-18(23)13-5-14(19)7-16(6-13)24-17-9-20-11-21-10-17;1-10-8-23-16(20-10)5-15(21)11-2-12(17)4-13(3-11)22-14-6-18-9-19-7-14/h3-6,8-11H,7H2,1-2H3;2-7,9-12H,8H2,1H3;3-7,9-11H,8H2,1-2H3;2-7,9-11H,8H2,1H3;2-4,6-9H,5H2,1H3. The Morgan fingerprint density at radius 3 is 1.09 bits per heavy atom. The highest BCUT2D eigenvalue weighted by atomic mass is 35.5. The number of carbonyl (C=O) groups excluding carboxylic acids is 5. The number of hydrogen-bond donors (Lipinski definition) is 0. The molecule has 0 spiro atoms. The SMILES string of the molecule is CC(F)c1cccc(CC(=O)c2cc(F)cc(Oc3cncnc3)c2)n1.Cc1ccc(CC(=O)c2cc(F)cc(Oc3cncnc3)c2)nc1C.Cc1ccnc(CC(=O)c2cc(F)cc(Oc3cncnc3)c2)c1.Cc1cnc(CC(=O)c2cc(Cl)cc(Oc3cncnc3)c2)cc1C.Cc1csc(CC(=O)c2cc(Cl)cc(Oc3cncnc3)c2)n1. The number of aromatic nitrogens is 15. The van der Waals surface area contributed by atoms with E-state index in [0.29, 0.717) is 78.5 Å². The van der Waals surface area contributed by atoms with Crippen LogP contribution in [-0.4, -0.2) is 104 Å². The van der Waals surface area contributed by atoms with E-state index >= 15 is 0 Å². The average molecular weight is 1720 g/mol. The van der Waals surface area contributed by atoms with Gasteiger partial charge in [-0.15, -0.1) is 11.3 Å². The molecule has 5 aromatic carbocycles. The maximum Gasteiger partial charge on any atom is 0.169 e. The van der Waals surface area contributed by atoms with Crippen LogP contribution >= 0.6 is 34.5 Å². The number of ketones is 5. The van der Waals surface area contributed by atoms with Gasteiger partial charge in [-0.25, -0.2) is 72.4 Å². The Labute approximate surface area is 716 Å². The molecule has 0 amide bonds. The molecule has 123 heavy (non-hydrogen) atoms. The number of thiazole rings is 1. The lowest BCUT2D eigenvalue weighted by molar-refractivity contribution is 0.0983. The van der Waals surface area contributed by atoms with E-state index in [4.69, 9.17) is 46.9 Å². The Balaban J connectivity index is 0.000000150. The number of halogens is 6. The molecule has 15 aromatic rings. The lowest BCUT2D eigenvalue weighted by atomic mass is 10.0. The summed E-state index contributed by atoms with van der Waals surface area (Å²) in [7, 11) is 0. The Kier molecular flexibility index (Phi) is 31.8. The van der Waals surface area contributed by atoms with Crippen molar-refractivity contribution in [3.05, 3.63) is 373 Å². The summed E-state index contributed by atoms with van der Waals surface area (Å²) in [5.41, 5.74) is 10.3. The van der Waals surface area contributed by atoms with Crippen LogP contribution in [0.3, 0.4) is 0 Å². The van der Waals surface area contributed by atoms with E-state index in [1.54, 1.807) is 73.1 Å². The zero-order chi connectivity index (χ0) is 87.3. The van der Waals surface area contributed by atoms with Crippen molar-refractivity contribution in [3.63, 3.8) is 0 Å². The molecule has 0 aliphatic rings. The molecule has 10 aromatic heterocycles. The van der Waals surface area contributed by atoms with Crippen molar-refractivity contribution in [2.75, 3.05) is 0 Å². The van der Waals surface area contributed by atoms with Crippen molar-refractivity contribution in [2.45, 2.75) is 86.7 Å². The molecular weight excluding hydrogens is 1640 g/mol. The van der Waals surface area contributed by atoms with Gasteiger partial charge in [0.05, 0.1) is 99.8 Å². The fourth-order valence-corrected chi connectivity index (χ4v) is 12.4. The summed E-state index contributed by atoms with van der Waals surface area (Å²) in [6.07, 6.45) is 24.5. The quantitative estimate of drug-likeness (QED) is 0.0359. The van der Waals surface area contributed by atoms with Crippen molar-refractivity contribution < 1.29 is 65.2 Å². The van der Waals surface area contributed by atoms with Crippen LogP contribution in [0.4, 0.5) is 17.6 Å². The van der Waals surface area contributed by atoms with Crippen molar-refractivity contribution >= 4 is 63.5 Å².